The lowest BCUT2D eigenvalue weighted by molar-refractivity contribution is -0.00597. The van der Waals surface area contributed by atoms with Gasteiger partial charge >= 0.3 is 0 Å². The van der Waals surface area contributed by atoms with Crippen molar-refractivity contribution < 1.29 is 13.6 Å². The fourth-order valence-electron chi connectivity index (χ4n) is 0.938. The van der Waals surface area contributed by atoms with Gasteiger partial charge in [0, 0.05) is 13.7 Å². The van der Waals surface area contributed by atoms with Crippen molar-refractivity contribution in [2.45, 2.75) is 19.1 Å². The Balaban J connectivity index is 3.30. The molecule has 0 radical (unpaired) electrons. The molecule has 0 spiro atoms. The molecule has 0 heterocycles. The molecule has 0 aromatic rings. The van der Waals surface area contributed by atoms with Gasteiger partial charge in [-0.2, -0.15) is 5.26 Å². The second-order valence-electron chi connectivity index (χ2n) is 2.31. The van der Waals surface area contributed by atoms with Crippen LogP contribution in [-0.4, -0.2) is 25.9 Å². The molecule has 0 aliphatic heterocycles. The van der Waals surface area contributed by atoms with Crippen LogP contribution in [0.1, 0.15) is 11.0 Å². The van der Waals surface area contributed by atoms with Crippen LogP contribution in [0.25, 0.3) is 0 Å². The maximum Gasteiger partial charge on any atom is 0.107 e. The SMILES string of the molecule is [2H]C1=C(C#N)C=CC([2H])(OC)C1([2H])OCC. The van der Waals surface area contributed by atoms with Crippen molar-refractivity contribution in [1.29, 1.82) is 5.26 Å². The molecular weight excluding hydrogens is 166 g/mol. The summed E-state index contributed by atoms with van der Waals surface area (Å²) in [5, 5.41) is 8.78. The van der Waals surface area contributed by atoms with Crippen molar-refractivity contribution in [2.24, 2.45) is 0 Å². The van der Waals surface area contributed by atoms with E-state index in [0.717, 1.165) is 0 Å². The summed E-state index contributed by atoms with van der Waals surface area (Å²) >= 11 is 0. The molecular formula is C10H13NO2. The number of nitriles is 1. The molecule has 3 nitrogen and oxygen atoms in total. The van der Waals surface area contributed by atoms with Gasteiger partial charge in [-0.3, -0.25) is 0 Å². The van der Waals surface area contributed by atoms with Crippen LogP contribution >= 0.6 is 0 Å². The number of rotatable bonds is 3. The number of methoxy groups -OCH3 is 1. The van der Waals surface area contributed by atoms with E-state index in [4.69, 9.17) is 18.8 Å². The molecule has 0 aromatic heterocycles. The predicted octanol–water partition coefficient (Wildman–Crippen LogP) is 1.43. The molecule has 1 aliphatic carbocycles. The number of ether oxygens (including phenoxy) is 2. The molecule has 1 rings (SSSR count). The van der Waals surface area contributed by atoms with Crippen LogP contribution in [0.3, 0.4) is 0 Å². The summed E-state index contributed by atoms with van der Waals surface area (Å²) in [6.07, 6.45) is -1.24. The fraction of sp³-hybridized carbons (Fsp3) is 0.500. The summed E-state index contributed by atoms with van der Waals surface area (Å²) < 4.78 is 33.7. The standard InChI is InChI=1S/C10H13NO2/c1-3-13-10-6-8(7-11)4-5-9(10)12-2/h4-6,9-10H,3H2,1-2H3/i6D,9D,10D. The average molecular weight is 182 g/mol. The summed E-state index contributed by atoms with van der Waals surface area (Å²) in [7, 11) is 1.27. The molecule has 0 amide bonds. The van der Waals surface area contributed by atoms with Gasteiger partial charge in [0.05, 0.1) is 15.8 Å². The van der Waals surface area contributed by atoms with Crippen LogP contribution in [0, 0.1) is 11.3 Å². The zero-order chi connectivity index (χ0) is 12.4. The Labute approximate surface area is 82.5 Å². The summed E-state index contributed by atoms with van der Waals surface area (Å²) in [6, 6.07) is 1.44. The average Bonchev–Trinajstić information content (AvgIpc) is 2.27. The smallest absolute Gasteiger partial charge is 0.107 e. The molecule has 2 atom stereocenters. The third kappa shape index (κ3) is 2.41. The maximum absolute atomic E-state index is 8.78. The summed E-state index contributed by atoms with van der Waals surface area (Å²) in [6.45, 7) is 1.81. The minimum absolute atomic E-state index is 0.0170. The number of hydrogen-bond donors (Lipinski definition) is 0. The Morgan fingerprint density at radius 3 is 3.08 bits per heavy atom. The van der Waals surface area contributed by atoms with Crippen LogP contribution in [0.5, 0.6) is 0 Å². The van der Waals surface area contributed by atoms with Crippen LogP contribution < -0.4 is 0 Å². The quantitative estimate of drug-likeness (QED) is 0.663. The van der Waals surface area contributed by atoms with E-state index in [2.05, 4.69) is 0 Å². The van der Waals surface area contributed by atoms with Crippen LogP contribution in [0.15, 0.2) is 23.8 Å². The Bertz CT molecular complexity index is 388. The minimum atomic E-state index is -2.00. The fourth-order valence-corrected chi connectivity index (χ4v) is 0.938. The Morgan fingerprint density at radius 1 is 1.77 bits per heavy atom. The number of hydrogen-bond acceptors (Lipinski definition) is 3. The molecule has 0 aromatic carbocycles. The molecule has 70 valence electrons. The summed E-state index contributed by atoms with van der Waals surface area (Å²) in [5.74, 6) is 0. The van der Waals surface area contributed by atoms with Gasteiger partial charge in [0.1, 0.15) is 12.2 Å². The van der Waals surface area contributed by atoms with Crippen molar-refractivity contribution >= 4 is 0 Å². The first kappa shape index (κ1) is 6.36. The van der Waals surface area contributed by atoms with Crippen molar-refractivity contribution in [3.63, 3.8) is 0 Å². The lowest BCUT2D eigenvalue weighted by Crippen LogP contribution is -2.29. The zero-order valence-electron chi connectivity index (χ0n) is 10.6. The normalized spacial score (nSPS) is 42.1. The highest BCUT2D eigenvalue weighted by molar-refractivity contribution is 5.38. The molecule has 0 fully saturated rings. The zero-order valence-corrected chi connectivity index (χ0v) is 7.63. The van der Waals surface area contributed by atoms with Crippen LogP contribution in [0.4, 0.5) is 0 Å². The number of nitrogens with zero attached hydrogens (tertiary/aromatic N) is 1. The van der Waals surface area contributed by atoms with Gasteiger partial charge in [-0.1, -0.05) is 6.08 Å². The van der Waals surface area contributed by atoms with Crippen LogP contribution in [-0.2, 0) is 9.47 Å². The van der Waals surface area contributed by atoms with E-state index in [0.29, 0.717) is 0 Å². The van der Waals surface area contributed by atoms with E-state index in [1.807, 2.05) is 0 Å². The first-order chi connectivity index (χ1) is 7.45. The van der Waals surface area contributed by atoms with E-state index < -0.39 is 12.2 Å². The van der Waals surface area contributed by atoms with Gasteiger partial charge in [-0.15, -0.1) is 0 Å². The monoisotopic (exact) mass is 182 g/mol. The third-order valence-electron chi connectivity index (χ3n) is 1.50. The lowest BCUT2D eigenvalue weighted by atomic mass is 10.0. The minimum Gasteiger partial charge on any atom is -0.374 e. The van der Waals surface area contributed by atoms with Gasteiger partial charge < -0.3 is 9.47 Å². The van der Waals surface area contributed by atoms with Gasteiger partial charge in [0.15, 0.2) is 0 Å². The predicted molar refractivity (Wildman–Crippen MR) is 49.0 cm³/mol. The molecule has 0 bridgehead atoms. The van der Waals surface area contributed by atoms with E-state index in [9.17, 15) is 0 Å². The molecule has 2 unspecified atom stereocenters. The van der Waals surface area contributed by atoms with Gasteiger partial charge in [0.25, 0.3) is 0 Å². The molecule has 1 aliphatic rings. The van der Waals surface area contributed by atoms with E-state index >= 15 is 0 Å². The molecule has 3 heteroatoms. The first-order valence-electron chi connectivity index (χ1n) is 5.45. The van der Waals surface area contributed by atoms with Crippen LogP contribution in [0.2, 0.25) is 0 Å². The van der Waals surface area contributed by atoms with Gasteiger partial charge in [-0.05, 0) is 19.1 Å². The third-order valence-corrected chi connectivity index (χ3v) is 1.50. The van der Waals surface area contributed by atoms with Crippen molar-refractivity contribution in [3.8, 4) is 6.07 Å². The molecule has 0 saturated heterocycles. The largest absolute Gasteiger partial charge is 0.374 e. The lowest BCUT2D eigenvalue weighted by Gasteiger charge is -2.23. The van der Waals surface area contributed by atoms with E-state index in [1.54, 1.807) is 13.0 Å². The van der Waals surface area contributed by atoms with Gasteiger partial charge in [-0.25, -0.2) is 0 Å². The van der Waals surface area contributed by atoms with E-state index in [1.165, 1.54) is 19.3 Å². The second-order valence-corrected chi connectivity index (χ2v) is 2.31. The second kappa shape index (κ2) is 4.80. The molecule has 0 N–H and O–H groups in total. The summed E-state index contributed by atoms with van der Waals surface area (Å²) in [5.41, 5.74) is 0.0170. The highest BCUT2D eigenvalue weighted by Gasteiger charge is 2.20. The van der Waals surface area contributed by atoms with Crippen molar-refractivity contribution in [2.75, 3.05) is 13.7 Å². The summed E-state index contributed by atoms with van der Waals surface area (Å²) in [4.78, 5) is 0. The first-order valence-corrected chi connectivity index (χ1v) is 3.95. The highest BCUT2D eigenvalue weighted by Crippen LogP contribution is 2.15. The van der Waals surface area contributed by atoms with Crippen molar-refractivity contribution in [1.82, 2.24) is 0 Å². The Morgan fingerprint density at radius 2 is 2.54 bits per heavy atom. The topological polar surface area (TPSA) is 42.2 Å². The van der Waals surface area contributed by atoms with Gasteiger partial charge in [0.2, 0.25) is 0 Å². The molecule has 13 heavy (non-hydrogen) atoms. The maximum atomic E-state index is 8.78. The molecule has 0 saturated carbocycles. The van der Waals surface area contributed by atoms with E-state index in [-0.39, 0.29) is 18.2 Å². The Hall–Kier alpha value is -1.11. The highest BCUT2D eigenvalue weighted by atomic mass is 16.5. The number of allylic oxidation sites excluding steroid dienone is 2. The Kier molecular flexibility index (Phi) is 2.35. The van der Waals surface area contributed by atoms with Crippen molar-refractivity contribution in [3.05, 3.63) is 23.8 Å².